The van der Waals surface area contributed by atoms with Gasteiger partial charge in [0.2, 0.25) is 5.69 Å². The third-order valence-electron chi connectivity index (χ3n) is 3.10. The Bertz CT molecular complexity index is 593. The fourth-order valence-corrected chi connectivity index (χ4v) is 2.38. The van der Waals surface area contributed by atoms with E-state index in [9.17, 15) is 4.79 Å². The summed E-state index contributed by atoms with van der Waals surface area (Å²) >= 11 is 0. The van der Waals surface area contributed by atoms with Gasteiger partial charge in [0, 0.05) is 6.07 Å². The van der Waals surface area contributed by atoms with Crippen LogP contribution in [0.1, 0.15) is 23.0 Å². The molecule has 3 heteroatoms. The lowest BCUT2D eigenvalue weighted by Crippen LogP contribution is -3.00. The second-order valence-electron chi connectivity index (χ2n) is 4.09. The summed E-state index contributed by atoms with van der Waals surface area (Å²) in [5, 5.41) is 0. The summed E-state index contributed by atoms with van der Waals surface area (Å²) in [4.78, 5) is 11.5. The van der Waals surface area contributed by atoms with Gasteiger partial charge in [-0.2, -0.15) is 0 Å². The highest BCUT2D eigenvalue weighted by Crippen LogP contribution is 2.33. The van der Waals surface area contributed by atoms with E-state index in [0.717, 1.165) is 12.1 Å². The molecule has 2 aromatic rings. The number of rotatable bonds is 0. The van der Waals surface area contributed by atoms with Gasteiger partial charge in [0.1, 0.15) is 0 Å². The highest BCUT2D eigenvalue weighted by atomic mass is 35.5. The average molecular weight is 246 g/mol. The lowest BCUT2D eigenvalue weighted by atomic mass is 10.1. The van der Waals surface area contributed by atoms with Gasteiger partial charge in [0.05, 0.1) is 18.9 Å². The second kappa shape index (κ2) is 4.30. The van der Waals surface area contributed by atoms with Crippen molar-refractivity contribution in [1.82, 2.24) is 0 Å². The number of carbonyl (C=O) groups excluding carboxylic acids is 1. The second-order valence-corrected chi connectivity index (χ2v) is 4.09. The van der Waals surface area contributed by atoms with Crippen LogP contribution in [0.2, 0.25) is 0 Å². The Labute approximate surface area is 106 Å². The van der Waals surface area contributed by atoms with Gasteiger partial charge in [-0.15, -0.1) is 4.57 Å². The van der Waals surface area contributed by atoms with E-state index >= 15 is 0 Å². The summed E-state index contributed by atoms with van der Waals surface area (Å²) in [6, 6.07) is 12.3. The third kappa shape index (κ3) is 1.75. The zero-order valence-corrected chi connectivity index (χ0v) is 10.2. The molecule has 0 atom stereocenters. The zero-order valence-electron chi connectivity index (χ0n) is 9.48. The highest BCUT2D eigenvalue weighted by Gasteiger charge is 2.28. The predicted molar refractivity (Wildman–Crippen MR) is 61.2 cm³/mol. The first-order valence-electron chi connectivity index (χ1n) is 5.40. The lowest BCUT2D eigenvalue weighted by molar-refractivity contribution is -0.580. The number of carbonyl (C=O) groups is 1. The smallest absolute Gasteiger partial charge is 0.389 e. The van der Waals surface area contributed by atoms with Crippen LogP contribution in [0.3, 0.4) is 0 Å². The minimum Gasteiger partial charge on any atom is -1.00 e. The van der Waals surface area contributed by atoms with Crippen molar-refractivity contribution in [2.75, 3.05) is 0 Å². The molecule has 1 heterocycles. The van der Waals surface area contributed by atoms with Crippen molar-refractivity contribution < 1.29 is 21.8 Å². The Morgan fingerprint density at radius 3 is 2.59 bits per heavy atom. The molecule has 17 heavy (non-hydrogen) atoms. The van der Waals surface area contributed by atoms with Crippen molar-refractivity contribution in [3.63, 3.8) is 0 Å². The standard InChI is InChI=1S/C14H12NO.ClH/c1-10(16)15-8-4-7-13-12-6-3-2-5-11(12)9-14(13)15;/h2-8H,9H2,1H3;1H/q+1;/p-1. The Morgan fingerprint density at radius 2 is 1.82 bits per heavy atom. The van der Waals surface area contributed by atoms with Crippen molar-refractivity contribution in [1.29, 1.82) is 0 Å². The first-order valence-corrected chi connectivity index (χ1v) is 5.40. The maximum absolute atomic E-state index is 11.5. The first-order chi connectivity index (χ1) is 7.77. The van der Waals surface area contributed by atoms with E-state index in [0.29, 0.717) is 0 Å². The van der Waals surface area contributed by atoms with E-state index in [1.807, 2.05) is 24.4 Å². The van der Waals surface area contributed by atoms with Gasteiger partial charge in [-0.1, -0.05) is 24.3 Å². The Kier molecular flexibility index (Phi) is 2.99. The molecule has 0 bridgehead atoms. The van der Waals surface area contributed by atoms with Crippen molar-refractivity contribution in [2.45, 2.75) is 13.3 Å². The molecule has 0 unspecified atom stereocenters. The summed E-state index contributed by atoms with van der Waals surface area (Å²) in [7, 11) is 0. The molecule has 86 valence electrons. The van der Waals surface area contributed by atoms with Gasteiger partial charge < -0.3 is 12.4 Å². The number of hydrogen-bond acceptors (Lipinski definition) is 1. The van der Waals surface area contributed by atoms with Crippen molar-refractivity contribution >= 4 is 5.91 Å². The minimum atomic E-state index is 0. The van der Waals surface area contributed by atoms with Crippen LogP contribution in [0.5, 0.6) is 0 Å². The van der Waals surface area contributed by atoms with Crippen molar-refractivity contribution in [3.8, 4) is 11.1 Å². The fourth-order valence-electron chi connectivity index (χ4n) is 2.38. The molecule has 0 radical (unpaired) electrons. The van der Waals surface area contributed by atoms with E-state index < -0.39 is 0 Å². The van der Waals surface area contributed by atoms with Crippen LogP contribution >= 0.6 is 0 Å². The lowest BCUT2D eigenvalue weighted by Gasteiger charge is -1.98. The van der Waals surface area contributed by atoms with Crippen LogP contribution in [0.15, 0.2) is 42.6 Å². The number of halogens is 1. The normalized spacial score (nSPS) is 11.4. The molecule has 1 aliphatic carbocycles. The molecule has 1 aromatic heterocycles. The molecule has 1 aliphatic rings. The van der Waals surface area contributed by atoms with E-state index in [1.165, 1.54) is 16.7 Å². The van der Waals surface area contributed by atoms with Crippen LogP contribution in [0.25, 0.3) is 11.1 Å². The quantitative estimate of drug-likeness (QED) is 0.476. The fraction of sp³-hybridized carbons (Fsp3) is 0.143. The highest BCUT2D eigenvalue weighted by molar-refractivity contribution is 5.75. The molecule has 0 saturated heterocycles. The first kappa shape index (κ1) is 11.8. The molecule has 0 N–H and O–H groups in total. The number of benzene rings is 1. The Hall–Kier alpha value is -1.67. The Balaban J connectivity index is 0.00000108. The molecule has 0 fully saturated rings. The number of fused-ring (bicyclic) bond motifs is 3. The molecule has 0 spiro atoms. The van der Waals surface area contributed by atoms with E-state index in [-0.39, 0.29) is 18.3 Å². The van der Waals surface area contributed by atoms with Gasteiger partial charge in [-0.25, -0.2) is 4.79 Å². The summed E-state index contributed by atoms with van der Waals surface area (Å²) < 4.78 is 1.75. The molecular formula is C14H12ClNO. The van der Waals surface area contributed by atoms with Crippen LogP contribution < -0.4 is 17.0 Å². The van der Waals surface area contributed by atoms with Crippen LogP contribution in [0.4, 0.5) is 0 Å². The summed E-state index contributed by atoms with van der Waals surface area (Å²) in [6.07, 6.45) is 2.69. The predicted octanol–water partition coefficient (Wildman–Crippen LogP) is -0.791. The largest absolute Gasteiger partial charge is 1.00 e. The van der Waals surface area contributed by atoms with Crippen LogP contribution in [0, 0.1) is 0 Å². The van der Waals surface area contributed by atoms with E-state index in [2.05, 4.69) is 18.2 Å². The van der Waals surface area contributed by atoms with Gasteiger partial charge in [-0.3, -0.25) is 0 Å². The molecule has 0 aliphatic heterocycles. The molecule has 0 saturated carbocycles. The summed E-state index contributed by atoms with van der Waals surface area (Å²) in [5.41, 5.74) is 4.86. The molecule has 0 amide bonds. The SMILES string of the molecule is CC(=O)[n+]1cccc2c1Cc1ccccc1-2.[Cl-]. The number of hydrogen-bond donors (Lipinski definition) is 0. The molecular weight excluding hydrogens is 234 g/mol. The zero-order chi connectivity index (χ0) is 11.1. The van der Waals surface area contributed by atoms with Crippen LogP contribution in [-0.4, -0.2) is 5.91 Å². The van der Waals surface area contributed by atoms with Gasteiger partial charge >= 0.3 is 5.91 Å². The van der Waals surface area contributed by atoms with Gasteiger partial charge in [0.25, 0.3) is 0 Å². The Morgan fingerprint density at radius 1 is 1.12 bits per heavy atom. The monoisotopic (exact) mass is 245 g/mol. The molecule has 1 aromatic carbocycles. The van der Waals surface area contributed by atoms with Crippen molar-refractivity contribution in [3.05, 3.63) is 53.9 Å². The van der Waals surface area contributed by atoms with E-state index in [1.54, 1.807) is 11.5 Å². The van der Waals surface area contributed by atoms with Crippen molar-refractivity contribution in [2.24, 2.45) is 0 Å². The third-order valence-corrected chi connectivity index (χ3v) is 3.10. The minimum absolute atomic E-state index is 0. The maximum atomic E-state index is 11.5. The maximum Gasteiger partial charge on any atom is 0.389 e. The van der Waals surface area contributed by atoms with Gasteiger partial charge in [-0.05, 0) is 17.2 Å². The number of aromatic nitrogens is 1. The number of nitrogens with zero attached hydrogens (tertiary/aromatic N) is 1. The topological polar surface area (TPSA) is 20.9 Å². The van der Waals surface area contributed by atoms with E-state index in [4.69, 9.17) is 0 Å². The summed E-state index contributed by atoms with van der Waals surface area (Å²) in [5.74, 6) is 0.0738. The molecule has 3 rings (SSSR count). The molecule has 2 nitrogen and oxygen atoms in total. The van der Waals surface area contributed by atoms with Crippen LogP contribution in [-0.2, 0) is 6.42 Å². The summed E-state index contributed by atoms with van der Waals surface area (Å²) in [6.45, 7) is 1.60. The average Bonchev–Trinajstić information content (AvgIpc) is 2.67. The van der Waals surface area contributed by atoms with Gasteiger partial charge in [0.15, 0.2) is 6.20 Å². The number of pyridine rings is 1.